The molecule has 6 heteroatoms. The van der Waals surface area contributed by atoms with Crippen LogP contribution in [0.25, 0.3) is 0 Å². The van der Waals surface area contributed by atoms with Gasteiger partial charge in [-0.05, 0) is 31.9 Å². The Morgan fingerprint density at radius 3 is 2.95 bits per heavy atom. The summed E-state index contributed by atoms with van der Waals surface area (Å²) in [5, 5.41) is 4.33. The van der Waals surface area contributed by atoms with Crippen molar-refractivity contribution in [1.29, 1.82) is 0 Å². The molecule has 0 fully saturated rings. The molecule has 1 aliphatic heterocycles. The predicted octanol–water partition coefficient (Wildman–Crippen LogP) is 2.56. The smallest absolute Gasteiger partial charge is 0.264 e. The number of hydrogen-bond donors (Lipinski definition) is 0. The molecule has 0 N–H and O–H groups in total. The number of carbonyl (C=O) groups is 1. The molecule has 0 saturated heterocycles. The van der Waals surface area contributed by atoms with Crippen molar-refractivity contribution in [2.45, 2.75) is 46.7 Å². The normalized spacial score (nSPS) is 14.3. The summed E-state index contributed by atoms with van der Waals surface area (Å²) in [6.45, 7) is 8.14. The molecule has 3 rings (SSSR count). The lowest BCUT2D eigenvalue weighted by molar-refractivity contribution is 0.0707. The lowest BCUT2D eigenvalue weighted by Crippen LogP contribution is -2.38. The Hall–Kier alpha value is -1.69. The molecule has 0 saturated carbocycles. The standard InChI is InChI=1S/C15H20N4OS/c1-4-5-12-8-13(21-10(12)2)15(20)18-6-7-19-14(9-18)16-11(3)17-19/h8H,4-7,9H2,1-3H3. The highest BCUT2D eigenvalue weighted by atomic mass is 32.1. The Labute approximate surface area is 128 Å². The number of fused-ring (bicyclic) bond motifs is 1. The molecule has 3 heterocycles. The highest BCUT2D eigenvalue weighted by molar-refractivity contribution is 7.14. The van der Waals surface area contributed by atoms with Gasteiger partial charge in [-0.2, -0.15) is 5.10 Å². The molecule has 1 aliphatic rings. The highest BCUT2D eigenvalue weighted by Crippen LogP contribution is 2.25. The Morgan fingerprint density at radius 1 is 1.38 bits per heavy atom. The zero-order valence-electron chi connectivity index (χ0n) is 12.7. The number of aryl methyl sites for hydroxylation is 3. The molecule has 21 heavy (non-hydrogen) atoms. The van der Waals surface area contributed by atoms with Crippen LogP contribution in [-0.4, -0.2) is 32.1 Å². The van der Waals surface area contributed by atoms with Crippen LogP contribution in [0.4, 0.5) is 0 Å². The fraction of sp³-hybridized carbons (Fsp3) is 0.533. The minimum absolute atomic E-state index is 0.123. The van der Waals surface area contributed by atoms with Gasteiger partial charge < -0.3 is 4.90 Å². The number of carbonyl (C=O) groups excluding carboxylic acids is 1. The summed E-state index contributed by atoms with van der Waals surface area (Å²) in [7, 11) is 0. The van der Waals surface area contributed by atoms with E-state index >= 15 is 0 Å². The maximum atomic E-state index is 12.7. The van der Waals surface area contributed by atoms with Gasteiger partial charge in [0.2, 0.25) is 0 Å². The van der Waals surface area contributed by atoms with Gasteiger partial charge in [0.25, 0.3) is 5.91 Å². The van der Waals surface area contributed by atoms with Crippen molar-refractivity contribution in [1.82, 2.24) is 19.7 Å². The van der Waals surface area contributed by atoms with Crippen LogP contribution in [0.5, 0.6) is 0 Å². The summed E-state index contributed by atoms with van der Waals surface area (Å²) < 4.78 is 1.90. The van der Waals surface area contributed by atoms with Crippen molar-refractivity contribution >= 4 is 17.2 Å². The Morgan fingerprint density at radius 2 is 2.19 bits per heavy atom. The number of amides is 1. The third-order valence-corrected chi connectivity index (χ3v) is 4.89. The molecule has 1 amide bonds. The second-order valence-corrected chi connectivity index (χ2v) is 6.72. The van der Waals surface area contributed by atoms with Gasteiger partial charge >= 0.3 is 0 Å². The van der Waals surface area contributed by atoms with Gasteiger partial charge in [0.1, 0.15) is 11.6 Å². The number of nitrogens with zero attached hydrogens (tertiary/aromatic N) is 4. The van der Waals surface area contributed by atoms with E-state index in [9.17, 15) is 4.79 Å². The topological polar surface area (TPSA) is 51.0 Å². The molecule has 0 spiro atoms. The molecule has 0 unspecified atom stereocenters. The average molecular weight is 304 g/mol. The van der Waals surface area contributed by atoms with Crippen LogP contribution in [0.3, 0.4) is 0 Å². The maximum Gasteiger partial charge on any atom is 0.264 e. The monoisotopic (exact) mass is 304 g/mol. The van der Waals surface area contributed by atoms with Crippen LogP contribution in [0.2, 0.25) is 0 Å². The summed E-state index contributed by atoms with van der Waals surface area (Å²) in [6.07, 6.45) is 2.15. The van der Waals surface area contributed by atoms with E-state index in [0.29, 0.717) is 13.1 Å². The first-order chi connectivity index (χ1) is 10.1. The molecule has 0 aromatic carbocycles. The summed E-state index contributed by atoms with van der Waals surface area (Å²) >= 11 is 1.61. The van der Waals surface area contributed by atoms with E-state index in [1.165, 1.54) is 10.4 Å². The fourth-order valence-electron chi connectivity index (χ4n) is 2.73. The number of thiophene rings is 1. The summed E-state index contributed by atoms with van der Waals surface area (Å²) in [4.78, 5) is 21.0. The van der Waals surface area contributed by atoms with Crippen molar-refractivity contribution in [3.63, 3.8) is 0 Å². The lowest BCUT2D eigenvalue weighted by Gasteiger charge is -2.26. The first-order valence-electron chi connectivity index (χ1n) is 7.37. The van der Waals surface area contributed by atoms with Crippen molar-refractivity contribution in [2.75, 3.05) is 6.54 Å². The van der Waals surface area contributed by atoms with Crippen LogP contribution in [0.15, 0.2) is 6.07 Å². The second kappa shape index (κ2) is 5.60. The van der Waals surface area contributed by atoms with Crippen molar-refractivity contribution < 1.29 is 4.79 Å². The molecule has 112 valence electrons. The van der Waals surface area contributed by atoms with Gasteiger partial charge in [0.15, 0.2) is 0 Å². The van der Waals surface area contributed by atoms with Crippen molar-refractivity contribution in [3.8, 4) is 0 Å². The number of rotatable bonds is 3. The second-order valence-electron chi connectivity index (χ2n) is 5.47. The Kier molecular flexibility index (Phi) is 3.80. The summed E-state index contributed by atoms with van der Waals surface area (Å²) in [6, 6.07) is 2.07. The van der Waals surface area contributed by atoms with Crippen LogP contribution >= 0.6 is 11.3 Å². The van der Waals surface area contributed by atoms with E-state index in [2.05, 4.69) is 30.0 Å². The van der Waals surface area contributed by atoms with Gasteiger partial charge in [0.05, 0.1) is 18.0 Å². The van der Waals surface area contributed by atoms with Gasteiger partial charge in [-0.15, -0.1) is 11.3 Å². The number of hydrogen-bond acceptors (Lipinski definition) is 4. The first kappa shape index (κ1) is 14.3. The zero-order valence-corrected chi connectivity index (χ0v) is 13.5. The third kappa shape index (κ3) is 2.72. The summed E-state index contributed by atoms with van der Waals surface area (Å²) in [5.41, 5.74) is 1.31. The van der Waals surface area contributed by atoms with Crippen LogP contribution in [-0.2, 0) is 19.5 Å². The lowest BCUT2D eigenvalue weighted by atomic mass is 10.1. The van der Waals surface area contributed by atoms with E-state index in [1.54, 1.807) is 11.3 Å². The van der Waals surface area contributed by atoms with E-state index in [4.69, 9.17) is 0 Å². The Balaban J connectivity index is 1.78. The third-order valence-electron chi connectivity index (χ3n) is 3.81. The quantitative estimate of drug-likeness (QED) is 0.875. The molecule has 2 aromatic heterocycles. The molecule has 0 bridgehead atoms. The van der Waals surface area contributed by atoms with Gasteiger partial charge in [0, 0.05) is 11.4 Å². The van der Waals surface area contributed by atoms with Gasteiger partial charge in [-0.3, -0.25) is 4.79 Å². The van der Waals surface area contributed by atoms with Crippen LogP contribution in [0, 0.1) is 13.8 Å². The highest BCUT2D eigenvalue weighted by Gasteiger charge is 2.25. The van der Waals surface area contributed by atoms with E-state index in [-0.39, 0.29) is 5.91 Å². The maximum absolute atomic E-state index is 12.7. The average Bonchev–Trinajstić information content (AvgIpc) is 3.00. The van der Waals surface area contributed by atoms with Crippen LogP contribution < -0.4 is 0 Å². The van der Waals surface area contributed by atoms with Gasteiger partial charge in [-0.1, -0.05) is 13.3 Å². The molecule has 5 nitrogen and oxygen atoms in total. The van der Waals surface area contributed by atoms with E-state index < -0.39 is 0 Å². The molecule has 0 atom stereocenters. The number of aromatic nitrogens is 3. The first-order valence-corrected chi connectivity index (χ1v) is 8.19. The Bertz CT molecular complexity index is 673. The molecule has 0 aliphatic carbocycles. The minimum Gasteiger partial charge on any atom is -0.329 e. The van der Waals surface area contributed by atoms with Crippen LogP contribution in [0.1, 0.15) is 45.1 Å². The fourth-order valence-corrected chi connectivity index (χ4v) is 3.77. The van der Waals surface area contributed by atoms with Gasteiger partial charge in [-0.25, -0.2) is 9.67 Å². The predicted molar refractivity (Wildman–Crippen MR) is 82.6 cm³/mol. The van der Waals surface area contributed by atoms with E-state index in [0.717, 1.165) is 35.9 Å². The minimum atomic E-state index is 0.123. The molecule has 2 aromatic rings. The SMILES string of the molecule is CCCc1cc(C(=O)N2CCn3nc(C)nc3C2)sc1C. The molecular formula is C15H20N4OS. The molecular weight excluding hydrogens is 284 g/mol. The zero-order chi connectivity index (χ0) is 15.0. The molecule has 0 radical (unpaired) electrons. The van der Waals surface area contributed by atoms with Crippen molar-refractivity contribution in [3.05, 3.63) is 33.0 Å². The van der Waals surface area contributed by atoms with E-state index in [1.807, 2.05) is 16.5 Å². The summed E-state index contributed by atoms with van der Waals surface area (Å²) in [5.74, 6) is 1.78. The largest absolute Gasteiger partial charge is 0.329 e. The van der Waals surface area contributed by atoms with Crippen molar-refractivity contribution in [2.24, 2.45) is 0 Å².